The molecular weight excluding hydrogens is 492 g/mol. The maximum Gasteiger partial charge on any atom is 0.246 e. The average Bonchev–Trinajstić information content (AvgIpc) is 3.26. The van der Waals surface area contributed by atoms with Crippen LogP contribution in [0.1, 0.15) is 46.5 Å². The van der Waals surface area contributed by atoms with E-state index in [-0.39, 0.29) is 13.0 Å². The summed E-state index contributed by atoms with van der Waals surface area (Å²) >= 11 is 0. The van der Waals surface area contributed by atoms with Crippen LogP contribution in [0.25, 0.3) is 0 Å². The predicted octanol–water partition coefficient (Wildman–Crippen LogP) is -4.79. The molecule has 1 heterocycles. The van der Waals surface area contributed by atoms with E-state index in [0.717, 1.165) is 4.90 Å². The summed E-state index contributed by atoms with van der Waals surface area (Å²) in [6.45, 7) is 3.97. The quantitative estimate of drug-likeness (QED) is 0.122. The van der Waals surface area contributed by atoms with Crippen molar-refractivity contribution in [3.8, 4) is 0 Å². The van der Waals surface area contributed by atoms with Gasteiger partial charge in [0.05, 0.1) is 12.8 Å². The van der Waals surface area contributed by atoms with Crippen molar-refractivity contribution in [1.29, 1.82) is 0 Å². The highest BCUT2D eigenvalue weighted by molar-refractivity contribution is 5.98. The van der Waals surface area contributed by atoms with Crippen LogP contribution < -0.4 is 38.5 Å². The van der Waals surface area contributed by atoms with Crippen molar-refractivity contribution in [1.82, 2.24) is 26.2 Å². The van der Waals surface area contributed by atoms with Gasteiger partial charge in [0.15, 0.2) is 0 Å². The SMILES string of the molecule is CC(=O)N[C@@H](C)C(=O)N[C@@H](CC(N)=O)C(=O)N1CCC[C@H]1C(=O)N[C@@H](CC(N)=O)C(=O)N[C@@H](C)C(N)=O. The van der Waals surface area contributed by atoms with Gasteiger partial charge >= 0.3 is 0 Å². The zero-order valence-corrected chi connectivity index (χ0v) is 20.9. The Hall–Kier alpha value is -4.24. The fourth-order valence-electron chi connectivity index (χ4n) is 3.64. The smallest absolute Gasteiger partial charge is 0.246 e. The van der Waals surface area contributed by atoms with Gasteiger partial charge in [-0.2, -0.15) is 0 Å². The molecule has 0 saturated carbocycles. The van der Waals surface area contributed by atoms with E-state index < -0.39 is 90.3 Å². The molecule has 16 heteroatoms. The summed E-state index contributed by atoms with van der Waals surface area (Å²) < 4.78 is 0. The highest BCUT2D eigenvalue weighted by Crippen LogP contribution is 2.20. The predicted molar refractivity (Wildman–Crippen MR) is 126 cm³/mol. The van der Waals surface area contributed by atoms with E-state index in [1.54, 1.807) is 0 Å². The van der Waals surface area contributed by atoms with Crippen molar-refractivity contribution in [2.75, 3.05) is 6.54 Å². The molecule has 1 saturated heterocycles. The summed E-state index contributed by atoms with van der Waals surface area (Å²) in [7, 11) is 0. The van der Waals surface area contributed by atoms with E-state index in [1.165, 1.54) is 20.8 Å². The van der Waals surface area contributed by atoms with Crippen molar-refractivity contribution in [3.05, 3.63) is 0 Å². The number of hydrogen-bond acceptors (Lipinski definition) is 8. The molecule has 1 fully saturated rings. The lowest BCUT2D eigenvalue weighted by molar-refractivity contribution is -0.143. The first-order chi connectivity index (χ1) is 17.1. The second-order valence-corrected chi connectivity index (χ2v) is 8.71. The van der Waals surface area contributed by atoms with E-state index in [1.807, 2.05) is 0 Å². The van der Waals surface area contributed by atoms with Crippen LogP contribution in [0.3, 0.4) is 0 Å². The first kappa shape index (κ1) is 30.8. The molecule has 0 aromatic carbocycles. The van der Waals surface area contributed by atoms with Crippen LogP contribution in [0.5, 0.6) is 0 Å². The summed E-state index contributed by atoms with van der Waals surface area (Å²) in [5.41, 5.74) is 15.5. The maximum absolute atomic E-state index is 13.2. The Morgan fingerprint density at radius 2 is 1.35 bits per heavy atom. The summed E-state index contributed by atoms with van der Waals surface area (Å²) in [5.74, 6) is -6.36. The maximum atomic E-state index is 13.2. The monoisotopic (exact) mass is 526 g/mol. The second-order valence-electron chi connectivity index (χ2n) is 8.71. The van der Waals surface area contributed by atoms with Crippen LogP contribution >= 0.6 is 0 Å². The Labute approximate surface area is 212 Å². The lowest BCUT2D eigenvalue weighted by Crippen LogP contribution is -2.59. The minimum absolute atomic E-state index is 0.0920. The number of hydrogen-bond donors (Lipinski definition) is 7. The van der Waals surface area contributed by atoms with Gasteiger partial charge in [-0.15, -0.1) is 0 Å². The first-order valence-electron chi connectivity index (χ1n) is 11.5. The minimum Gasteiger partial charge on any atom is -0.370 e. The normalized spacial score (nSPS) is 17.9. The van der Waals surface area contributed by atoms with Gasteiger partial charge < -0.3 is 43.4 Å². The summed E-state index contributed by atoms with van der Waals surface area (Å²) in [6.07, 6.45) is -0.598. The van der Waals surface area contributed by atoms with Crippen molar-refractivity contribution in [3.63, 3.8) is 0 Å². The molecule has 0 radical (unpaired) electrons. The number of rotatable bonds is 13. The highest BCUT2D eigenvalue weighted by atomic mass is 16.2. The third-order valence-electron chi connectivity index (χ3n) is 5.50. The summed E-state index contributed by atoms with van der Waals surface area (Å²) in [5, 5.41) is 9.31. The van der Waals surface area contributed by atoms with E-state index >= 15 is 0 Å². The minimum atomic E-state index is -1.45. The Bertz CT molecular complexity index is 955. The molecule has 0 unspecified atom stereocenters. The molecule has 5 atom stereocenters. The third kappa shape index (κ3) is 9.73. The van der Waals surface area contributed by atoms with Crippen LogP contribution in [0.15, 0.2) is 0 Å². The number of carbonyl (C=O) groups excluding carboxylic acids is 8. The number of primary amides is 3. The average molecular weight is 527 g/mol. The van der Waals surface area contributed by atoms with Crippen molar-refractivity contribution < 1.29 is 38.4 Å². The highest BCUT2D eigenvalue weighted by Gasteiger charge is 2.40. The fourth-order valence-corrected chi connectivity index (χ4v) is 3.64. The van der Waals surface area contributed by atoms with E-state index in [4.69, 9.17) is 17.2 Å². The second kappa shape index (κ2) is 13.7. The summed E-state index contributed by atoms with van der Waals surface area (Å²) in [4.78, 5) is 97.7. The molecule has 10 N–H and O–H groups in total. The molecule has 1 rings (SSSR count). The van der Waals surface area contributed by atoms with E-state index in [0.29, 0.717) is 6.42 Å². The Morgan fingerprint density at radius 1 is 0.784 bits per heavy atom. The number of nitrogens with two attached hydrogens (primary N) is 3. The number of likely N-dealkylation sites (tertiary alicyclic amines) is 1. The molecule has 0 spiro atoms. The van der Waals surface area contributed by atoms with Crippen LogP contribution in [0, 0.1) is 0 Å². The number of nitrogens with zero attached hydrogens (tertiary/aromatic N) is 1. The standard InChI is InChI=1S/C21H34N8O8/c1-9(17(24)33)26-19(35)12(7-15(22)31)27-20(36)14-5-4-6-29(14)21(37)13(8-16(23)32)28-18(34)10(2)25-11(3)30/h9-10,12-14H,4-8H2,1-3H3,(H2,22,31)(H2,23,32)(H2,24,33)(H,25,30)(H,26,35)(H,27,36)(H,28,34)/t9-,10-,12-,13-,14-/m0/s1. The topological polar surface area (TPSA) is 266 Å². The molecule has 16 nitrogen and oxygen atoms in total. The van der Waals surface area contributed by atoms with E-state index in [2.05, 4.69) is 21.3 Å². The zero-order chi connectivity index (χ0) is 28.4. The Balaban J connectivity index is 3.05. The Morgan fingerprint density at radius 3 is 1.86 bits per heavy atom. The largest absolute Gasteiger partial charge is 0.370 e. The van der Waals surface area contributed by atoms with Gasteiger partial charge in [-0.05, 0) is 26.7 Å². The molecule has 1 aliphatic heterocycles. The Kier molecular flexibility index (Phi) is 11.4. The van der Waals surface area contributed by atoms with Crippen molar-refractivity contribution in [2.24, 2.45) is 17.2 Å². The van der Waals surface area contributed by atoms with Crippen LogP contribution in [0.4, 0.5) is 0 Å². The molecule has 1 aliphatic rings. The molecular formula is C21H34N8O8. The molecule has 0 aliphatic carbocycles. The van der Waals surface area contributed by atoms with Gasteiger partial charge in [0, 0.05) is 13.5 Å². The van der Waals surface area contributed by atoms with Crippen molar-refractivity contribution >= 4 is 47.3 Å². The number of nitrogens with one attached hydrogen (secondary N) is 4. The summed E-state index contributed by atoms with van der Waals surface area (Å²) in [6, 6.07) is -6.10. The van der Waals surface area contributed by atoms with Crippen LogP contribution in [-0.4, -0.2) is 88.9 Å². The lowest BCUT2D eigenvalue weighted by atomic mass is 10.1. The van der Waals surface area contributed by atoms with Gasteiger partial charge in [-0.3, -0.25) is 38.4 Å². The fraction of sp³-hybridized carbons (Fsp3) is 0.619. The zero-order valence-electron chi connectivity index (χ0n) is 20.9. The van der Waals surface area contributed by atoms with E-state index in [9.17, 15) is 38.4 Å². The van der Waals surface area contributed by atoms with Gasteiger partial charge in [0.2, 0.25) is 47.3 Å². The third-order valence-corrected chi connectivity index (χ3v) is 5.50. The molecule has 0 bridgehead atoms. The molecule has 37 heavy (non-hydrogen) atoms. The lowest BCUT2D eigenvalue weighted by Gasteiger charge is -2.30. The van der Waals surface area contributed by atoms with Crippen LogP contribution in [0.2, 0.25) is 0 Å². The van der Waals surface area contributed by atoms with Gasteiger partial charge in [-0.25, -0.2) is 0 Å². The van der Waals surface area contributed by atoms with Crippen molar-refractivity contribution in [2.45, 2.75) is 76.7 Å². The molecule has 0 aromatic rings. The van der Waals surface area contributed by atoms with Gasteiger partial charge in [0.25, 0.3) is 0 Å². The van der Waals surface area contributed by atoms with Gasteiger partial charge in [-0.1, -0.05) is 0 Å². The number of carbonyl (C=O) groups is 8. The van der Waals surface area contributed by atoms with Crippen LogP contribution in [-0.2, 0) is 38.4 Å². The molecule has 206 valence electrons. The number of amides is 8. The molecule has 0 aromatic heterocycles. The van der Waals surface area contributed by atoms with Gasteiger partial charge in [0.1, 0.15) is 30.2 Å². The first-order valence-corrected chi connectivity index (χ1v) is 11.5. The molecule has 8 amide bonds.